The molecule has 6 rings (SSSR count). The predicted octanol–water partition coefficient (Wildman–Crippen LogP) is 5.98. The fraction of sp³-hybridized carbons (Fsp3) is 0.0385. The van der Waals surface area contributed by atoms with Crippen LogP contribution in [0.15, 0.2) is 79.3 Å². The molecular weight excluding hydrogens is 417 g/mol. The van der Waals surface area contributed by atoms with Crippen LogP contribution in [0.3, 0.4) is 0 Å². The molecule has 4 aromatic heterocycles. The number of H-pyrrole nitrogens is 2. The number of pyridine rings is 2. The lowest BCUT2D eigenvalue weighted by molar-refractivity contribution is 0.411. The summed E-state index contributed by atoms with van der Waals surface area (Å²) in [6.45, 7) is 0. The van der Waals surface area contributed by atoms with Gasteiger partial charge in [-0.05, 0) is 47.5 Å². The summed E-state index contributed by atoms with van der Waals surface area (Å²) >= 11 is 0. The van der Waals surface area contributed by atoms with Gasteiger partial charge in [0.2, 0.25) is 0 Å². The van der Waals surface area contributed by atoms with Crippen molar-refractivity contribution in [3.05, 3.63) is 85.1 Å². The topological polar surface area (TPSA) is 79.5 Å². The Kier molecular flexibility index (Phi) is 4.40. The quantitative estimate of drug-likeness (QED) is 0.357. The smallest absolute Gasteiger partial charge is 0.181 e. The number of halogens is 1. The van der Waals surface area contributed by atoms with Crippen LogP contribution in [-0.4, -0.2) is 32.3 Å². The zero-order valence-electron chi connectivity index (χ0n) is 17.6. The first-order valence-corrected chi connectivity index (χ1v) is 10.4. The van der Waals surface area contributed by atoms with E-state index in [1.807, 2.05) is 48.7 Å². The molecule has 0 atom stereocenters. The Balaban J connectivity index is 1.50. The summed E-state index contributed by atoms with van der Waals surface area (Å²) in [5.41, 5.74) is 6.87. The van der Waals surface area contributed by atoms with Crippen LogP contribution < -0.4 is 4.74 Å². The maximum absolute atomic E-state index is 14.2. The molecule has 160 valence electrons. The highest BCUT2D eigenvalue weighted by molar-refractivity contribution is 6.01. The zero-order valence-corrected chi connectivity index (χ0v) is 17.6. The van der Waals surface area contributed by atoms with Crippen LogP contribution in [0.25, 0.3) is 55.6 Å². The Morgan fingerprint density at radius 2 is 1.82 bits per heavy atom. The van der Waals surface area contributed by atoms with Gasteiger partial charge in [0.15, 0.2) is 5.65 Å². The molecule has 0 fully saturated rings. The Labute approximate surface area is 188 Å². The summed E-state index contributed by atoms with van der Waals surface area (Å²) in [4.78, 5) is 12.2. The number of nitrogens with zero attached hydrogens (tertiary/aromatic N) is 3. The standard InChI is InChI=1S/C26H18FN5O/c1-33-19-9-16(8-18(27)11-19)20-5-2-6-23-21(20)12-24(30-23)25-22-10-17(14-29-26(22)32-31-25)15-4-3-7-28-13-15/h2-14,30H,1H3,(H,29,31,32). The van der Waals surface area contributed by atoms with Crippen LogP contribution in [0, 0.1) is 5.82 Å². The third kappa shape index (κ3) is 3.30. The molecule has 7 heteroatoms. The molecule has 0 aliphatic heterocycles. The van der Waals surface area contributed by atoms with Crippen molar-refractivity contribution in [3.63, 3.8) is 0 Å². The van der Waals surface area contributed by atoms with Gasteiger partial charge in [-0.15, -0.1) is 0 Å². The minimum Gasteiger partial charge on any atom is -0.497 e. The lowest BCUT2D eigenvalue weighted by Crippen LogP contribution is -1.87. The number of fused-ring (bicyclic) bond motifs is 2. The van der Waals surface area contributed by atoms with Gasteiger partial charge in [0.25, 0.3) is 0 Å². The van der Waals surface area contributed by atoms with Gasteiger partial charge in [0.1, 0.15) is 11.6 Å². The van der Waals surface area contributed by atoms with Crippen LogP contribution >= 0.6 is 0 Å². The monoisotopic (exact) mass is 435 g/mol. The fourth-order valence-electron chi connectivity index (χ4n) is 4.17. The molecule has 0 saturated heterocycles. The number of ether oxygens (including phenoxy) is 1. The number of aromatic amines is 2. The lowest BCUT2D eigenvalue weighted by atomic mass is 10.0. The van der Waals surface area contributed by atoms with Gasteiger partial charge in [-0.2, -0.15) is 5.10 Å². The number of aromatic nitrogens is 5. The van der Waals surface area contributed by atoms with Crippen molar-refractivity contribution in [2.75, 3.05) is 7.11 Å². The Morgan fingerprint density at radius 3 is 2.67 bits per heavy atom. The highest BCUT2D eigenvalue weighted by Gasteiger charge is 2.15. The summed E-state index contributed by atoms with van der Waals surface area (Å²) in [5, 5.41) is 9.37. The molecule has 6 nitrogen and oxygen atoms in total. The van der Waals surface area contributed by atoms with Gasteiger partial charge >= 0.3 is 0 Å². The van der Waals surface area contributed by atoms with Crippen molar-refractivity contribution in [1.82, 2.24) is 25.1 Å². The third-order valence-electron chi connectivity index (χ3n) is 5.76. The van der Waals surface area contributed by atoms with Crippen LogP contribution in [0.5, 0.6) is 5.75 Å². The van der Waals surface area contributed by atoms with E-state index in [1.165, 1.54) is 19.2 Å². The number of methoxy groups -OCH3 is 1. The number of hydrogen-bond donors (Lipinski definition) is 2. The summed E-state index contributed by atoms with van der Waals surface area (Å²) in [6.07, 6.45) is 5.35. The van der Waals surface area contributed by atoms with E-state index < -0.39 is 0 Å². The largest absolute Gasteiger partial charge is 0.497 e. The SMILES string of the molecule is COc1cc(F)cc(-c2cccc3[nH]c(-c4[nH]nc5ncc(-c6cccnc6)cc45)cc23)c1. The molecule has 6 aromatic rings. The molecule has 0 unspecified atom stereocenters. The van der Waals surface area contributed by atoms with E-state index >= 15 is 0 Å². The van der Waals surface area contributed by atoms with Crippen LogP contribution in [0.1, 0.15) is 0 Å². The molecular formula is C26H18FN5O. The molecule has 0 aliphatic carbocycles. The summed E-state index contributed by atoms with van der Waals surface area (Å²) in [5.74, 6) is 0.136. The second kappa shape index (κ2) is 7.56. The van der Waals surface area contributed by atoms with Gasteiger partial charge in [-0.3, -0.25) is 10.1 Å². The molecule has 0 saturated carbocycles. The minimum absolute atomic E-state index is 0.342. The van der Waals surface area contributed by atoms with Crippen molar-refractivity contribution in [1.29, 1.82) is 0 Å². The number of benzene rings is 2. The number of rotatable bonds is 4. The zero-order chi connectivity index (χ0) is 22.4. The van der Waals surface area contributed by atoms with Crippen molar-refractivity contribution in [2.45, 2.75) is 0 Å². The molecule has 0 bridgehead atoms. The maximum atomic E-state index is 14.2. The molecule has 2 N–H and O–H groups in total. The lowest BCUT2D eigenvalue weighted by Gasteiger charge is -2.07. The first-order chi connectivity index (χ1) is 16.2. The van der Waals surface area contributed by atoms with E-state index in [0.717, 1.165) is 49.9 Å². The maximum Gasteiger partial charge on any atom is 0.181 e. The molecule has 0 radical (unpaired) electrons. The van der Waals surface area contributed by atoms with E-state index in [2.05, 4.69) is 31.2 Å². The predicted molar refractivity (Wildman–Crippen MR) is 126 cm³/mol. The van der Waals surface area contributed by atoms with Crippen LogP contribution in [0.2, 0.25) is 0 Å². The summed E-state index contributed by atoms with van der Waals surface area (Å²) in [7, 11) is 1.53. The van der Waals surface area contributed by atoms with Gasteiger partial charge in [-0.25, -0.2) is 9.37 Å². The Bertz CT molecular complexity index is 1620. The van der Waals surface area contributed by atoms with E-state index in [-0.39, 0.29) is 5.82 Å². The highest BCUT2D eigenvalue weighted by atomic mass is 19.1. The summed E-state index contributed by atoms with van der Waals surface area (Å²) in [6, 6.07) is 18.6. The van der Waals surface area contributed by atoms with E-state index in [0.29, 0.717) is 11.4 Å². The highest BCUT2D eigenvalue weighted by Crippen LogP contribution is 2.36. The van der Waals surface area contributed by atoms with Crippen LogP contribution in [-0.2, 0) is 0 Å². The van der Waals surface area contributed by atoms with Crippen LogP contribution in [0.4, 0.5) is 4.39 Å². The second-order valence-corrected chi connectivity index (χ2v) is 7.77. The first-order valence-electron chi connectivity index (χ1n) is 10.4. The first kappa shape index (κ1) is 19.2. The van der Waals surface area contributed by atoms with Crippen molar-refractivity contribution in [3.8, 4) is 39.4 Å². The Morgan fingerprint density at radius 1 is 0.879 bits per heavy atom. The number of nitrogens with one attached hydrogen (secondary N) is 2. The van der Waals surface area contributed by atoms with Gasteiger partial charge in [0, 0.05) is 52.1 Å². The molecule has 4 heterocycles. The van der Waals surface area contributed by atoms with E-state index in [1.54, 1.807) is 12.4 Å². The molecule has 0 amide bonds. The molecule has 0 aliphatic rings. The normalized spacial score (nSPS) is 11.3. The van der Waals surface area contributed by atoms with Gasteiger partial charge < -0.3 is 9.72 Å². The van der Waals surface area contributed by atoms with Crippen molar-refractivity contribution >= 4 is 21.9 Å². The summed E-state index contributed by atoms with van der Waals surface area (Å²) < 4.78 is 19.4. The van der Waals surface area contributed by atoms with Crippen molar-refractivity contribution < 1.29 is 9.13 Å². The van der Waals surface area contributed by atoms with E-state index in [4.69, 9.17) is 4.74 Å². The average Bonchev–Trinajstić information content (AvgIpc) is 3.47. The van der Waals surface area contributed by atoms with Crippen molar-refractivity contribution in [2.24, 2.45) is 0 Å². The van der Waals surface area contributed by atoms with Gasteiger partial charge in [0.05, 0.1) is 18.5 Å². The molecule has 2 aromatic carbocycles. The average molecular weight is 435 g/mol. The number of hydrogen-bond acceptors (Lipinski definition) is 4. The second-order valence-electron chi connectivity index (χ2n) is 7.77. The molecule has 33 heavy (non-hydrogen) atoms. The van der Waals surface area contributed by atoms with E-state index in [9.17, 15) is 4.39 Å². The fourth-order valence-corrected chi connectivity index (χ4v) is 4.17. The third-order valence-corrected chi connectivity index (χ3v) is 5.76. The van der Waals surface area contributed by atoms with Gasteiger partial charge in [-0.1, -0.05) is 18.2 Å². The Hall–Kier alpha value is -4.52. The minimum atomic E-state index is -0.342. The molecule has 0 spiro atoms.